The molecule has 0 saturated heterocycles. The zero-order valence-electron chi connectivity index (χ0n) is 14.5. The van der Waals surface area contributed by atoms with E-state index in [0.29, 0.717) is 28.1 Å². The van der Waals surface area contributed by atoms with Gasteiger partial charge < -0.3 is 0 Å². The van der Waals surface area contributed by atoms with Crippen molar-refractivity contribution in [2.45, 2.75) is 16.7 Å². The average molecular weight is 388 g/mol. The lowest BCUT2D eigenvalue weighted by Gasteiger charge is -2.10. The van der Waals surface area contributed by atoms with Gasteiger partial charge in [-0.2, -0.15) is 5.26 Å². The van der Waals surface area contributed by atoms with Crippen molar-refractivity contribution in [2.24, 2.45) is 0 Å². The van der Waals surface area contributed by atoms with Crippen LogP contribution in [0.3, 0.4) is 0 Å². The third kappa shape index (κ3) is 3.75. The lowest BCUT2D eigenvalue weighted by molar-refractivity contribution is 0.626. The first-order chi connectivity index (χ1) is 13.7. The quantitative estimate of drug-likeness (QED) is 0.515. The van der Waals surface area contributed by atoms with Crippen molar-refractivity contribution in [3.63, 3.8) is 0 Å². The Balaban J connectivity index is 1.75. The number of aromatic nitrogens is 5. The predicted molar refractivity (Wildman–Crippen MR) is 102 cm³/mol. The van der Waals surface area contributed by atoms with E-state index >= 15 is 0 Å². The van der Waals surface area contributed by atoms with Crippen LogP contribution in [-0.2, 0) is 6.54 Å². The van der Waals surface area contributed by atoms with Crippen molar-refractivity contribution in [1.82, 2.24) is 25.0 Å². The molecule has 0 spiro atoms. The van der Waals surface area contributed by atoms with Gasteiger partial charge in [0, 0.05) is 0 Å². The van der Waals surface area contributed by atoms with Crippen LogP contribution >= 0.6 is 11.8 Å². The maximum Gasteiger partial charge on any atom is 0.198 e. The fraction of sp³-hybridized carbons (Fsp3) is 0.0500. The van der Waals surface area contributed by atoms with Gasteiger partial charge in [-0.3, -0.25) is 4.57 Å². The highest BCUT2D eigenvalue weighted by atomic mass is 32.2. The third-order valence-electron chi connectivity index (χ3n) is 3.97. The Bertz CT molecular complexity index is 1140. The molecule has 0 fully saturated rings. The van der Waals surface area contributed by atoms with Crippen molar-refractivity contribution in [1.29, 1.82) is 5.26 Å². The molecule has 6 nitrogen and oxygen atoms in total. The third-order valence-corrected chi connectivity index (χ3v) is 4.88. The second-order valence-electron chi connectivity index (χ2n) is 5.83. The molecule has 2 aromatic carbocycles. The van der Waals surface area contributed by atoms with Gasteiger partial charge in [0.2, 0.25) is 0 Å². The molecule has 0 bridgehead atoms. The van der Waals surface area contributed by atoms with Crippen LogP contribution < -0.4 is 0 Å². The van der Waals surface area contributed by atoms with Gasteiger partial charge in [0.25, 0.3) is 0 Å². The van der Waals surface area contributed by atoms with Crippen molar-refractivity contribution < 1.29 is 4.39 Å². The van der Waals surface area contributed by atoms with E-state index in [-0.39, 0.29) is 11.5 Å². The number of halogens is 1. The number of rotatable bonds is 5. The SMILES string of the molecule is N#Cc1ccc(Sc2nnc(-c3ccccc3F)n2Cc2ccccc2)nn1. The molecule has 4 aromatic rings. The largest absolute Gasteiger partial charge is 0.297 e. The van der Waals surface area contributed by atoms with Crippen LogP contribution in [0.2, 0.25) is 0 Å². The molecular weight excluding hydrogens is 375 g/mol. The minimum atomic E-state index is -0.362. The fourth-order valence-electron chi connectivity index (χ4n) is 2.64. The second-order valence-corrected chi connectivity index (χ2v) is 6.82. The van der Waals surface area contributed by atoms with E-state index in [1.54, 1.807) is 30.3 Å². The number of benzene rings is 2. The summed E-state index contributed by atoms with van der Waals surface area (Å²) in [5, 5.41) is 26.3. The van der Waals surface area contributed by atoms with E-state index in [9.17, 15) is 4.39 Å². The Morgan fingerprint density at radius 2 is 1.68 bits per heavy atom. The number of hydrogen-bond acceptors (Lipinski definition) is 6. The Kier molecular flexibility index (Phi) is 5.08. The van der Waals surface area contributed by atoms with Crippen LogP contribution in [0.1, 0.15) is 11.3 Å². The molecule has 2 heterocycles. The summed E-state index contributed by atoms with van der Waals surface area (Å²) in [6, 6.07) is 21.5. The van der Waals surface area contributed by atoms with Gasteiger partial charge in [-0.1, -0.05) is 42.5 Å². The fourth-order valence-corrected chi connectivity index (χ4v) is 3.39. The molecule has 0 saturated carbocycles. The first-order valence-corrected chi connectivity index (χ1v) is 9.20. The standard InChI is InChI=1S/C20H13FN6S/c21-17-9-5-4-8-16(17)19-25-26-20(27(19)13-14-6-2-1-3-7-14)28-18-11-10-15(12-22)23-24-18/h1-11H,13H2. The van der Waals surface area contributed by atoms with Gasteiger partial charge in [-0.15, -0.1) is 20.4 Å². The monoisotopic (exact) mass is 388 g/mol. The number of nitrogens with zero attached hydrogens (tertiary/aromatic N) is 6. The van der Waals surface area contributed by atoms with Crippen molar-refractivity contribution in [3.8, 4) is 17.5 Å². The Morgan fingerprint density at radius 1 is 0.893 bits per heavy atom. The highest BCUT2D eigenvalue weighted by Crippen LogP contribution is 2.30. The van der Waals surface area contributed by atoms with Gasteiger partial charge in [0.05, 0.1) is 12.1 Å². The zero-order chi connectivity index (χ0) is 19.3. The second kappa shape index (κ2) is 7.98. The first kappa shape index (κ1) is 17.8. The average Bonchev–Trinajstić information content (AvgIpc) is 3.11. The normalized spacial score (nSPS) is 10.6. The van der Waals surface area contributed by atoms with Crippen LogP contribution in [0, 0.1) is 17.1 Å². The Hall–Kier alpha value is -3.57. The molecule has 0 amide bonds. The molecule has 136 valence electrons. The van der Waals surface area contributed by atoms with Crippen LogP contribution in [-0.4, -0.2) is 25.0 Å². The summed E-state index contributed by atoms with van der Waals surface area (Å²) >= 11 is 1.26. The maximum absolute atomic E-state index is 14.4. The molecule has 2 aromatic heterocycles. The molecule has 0 N–H and O–H groups in total. The van der Waals surface area contributed by atoms with Gasteiger partial charge in [-0.05, 0) is 41.6 Å². The van der Waals surface area contributed by atoms with Crippen LogP contribution in [0.5, 0.6) is 0 Å². The van der Waals surface area contributed by atoms with Gasteiger partial charge in [0.15, 0.2) is 16.7 Å². The summed E-state index contributed by atoms with van der Waals surface area (Å²) in [6.45, 7) is 0.476. The number of nitriles is 1. The summed E-state index contributed by atoms with van der Waals surface area (Å²) in [5.41, 5.74) is 1.65. The van der Waals surface area contributed by atoms with Gasteiger partial charge in [-0.25, -0.2) is 4.39 Å². The molecule has 0 aliphatic heterocycles. The highest BCUT2D eigenvalue weighted by Gasteiger charge is 2.18. The summed E-state index contributed by atoms with van der Waals surface area (Å²) in [7, 11) is 0. The van der Waals surface area contributed by atoms with Crippen LogP contribution in [0.4, 0.5) is 4.39 Å². The van der Waals surface area contributed by atoms with E-state index in [4.69, 9.17) is 5.26 Å². The van der Waals surface area contributed by atoms with Crippen LogP contribution in [0.15, 0.2) is 76.9 Å². The molecule has 28 heavy (non-hydrogen) atoms. The van der Waals surface area contributed by atoms with Gasteiger partial charge in [0.1, 0.15) is 16.9 Å². The predicted octanol–water partition coefficient (Wildman–Crippen LogP) is 3.95. The van der Waals surface area contributed by atoms with Crippen molar-refractivity contribution in [2.75, 3.05) is 0 Å². The molecule has 4 rings (SSSR count). The summed E-state index contributed by atoms with van der Waals surface area (Å²) in [5.74, 6) is 0.0741. The minimum absolute atomic E-state index is 0.238. The maximum atomic E-state index is 14.4. The minimum Gasteiger partial charge on any atom is -0.297 e. The molecule has 0 atom stereocenters. The molecule has 0 radical (unpaired) electrons. The lowest BCUT2D eigenvalue weighted by Crippen LogP contribution is -2.05. The van der Waals surface area contributed by atoms with E-state index in [2.05, 4.69) is 20.4 Å². The zero-order valence-corrected chi connectivity index (χ0v) is 15.3. The van der Waals surface area contributed by atoms with Gasteiger partial charge >= 0.3 is 0 Å². The van der Waals surface area contributed by atoms with Crippen molar-refractivity contribution in [3.05, 3.63) is 83.8 Å². The Morgan fingerprint density at radius 3 is 2.39 bits per heavy atom. The van der Waals surface area contributed by atoms with Crippen molar-refractivity contribution >= 4 is 11.8 Å². The van der Waals surface area contributed by atoms with E-state index in [0.717, 1.165) is 5.56 Å². The van der Waals surface area contributed by atoms with E-state index < -0.39 is 0 Å². The smallest absolute Gasteiger partial charge is 0.198 e. The molecule has 0 aliphatic rings. The first-order valence-electron chi connectivity index (χ1n) is 8.38. The number of hydrogen-bond donors (Lipinski definition) is 0. The molecule has 0 aliphatic carbocycles. The molecular formula is C20H13FN6S. The van der Waals surface area contributed by atoms with Crippen LogP contribution in [0.25, 0.3) is 11.4 Å². The highest BCUT2D eigenvalue weighted by molar-refractivity contribution is 7.99. The lowest BCUT2D eigenvalue weighted by atomic mass is 10.2. The summed E-state index contributed by atoms with van der Waals surface area (Å²) < 4.78 is 16.2. The topological polar surface area (TPSA) is 80.3 Å². The Labute approximate surface area is 164 Å². The van der Waals surface area contributed by atoms with E-state index in [1.807, 2.05) is 41.0 Å². The summed E-state index contributed by atoms with van der Waals surface area (Å²) in [6.07, 6.45) is 0. The van der Waals surface area contributed by atoms with E-state index in [1.165, 1.54) is 17.8 Å². The molecule has 0 unspecified atom stereocenters. The molecule has 8 heteroatoms. The summed E-state index contributed by atoms with van der Waals surface area (Å²) in [4.78, 5) is 0.